The normalized spacial score (nSPS) is 17.8. The number of benzene rings is 2. The van der Waals surface area contributed by atoms with Gasteiger partial charge in [-0.15, -0.1) is 5.10 Å². The number of aliphatic hydroxyl groups excluding tert-OH is 1. The van der Waals surface area contributed by atoms with Crippen LogP contribution in [-0.2, 0) is 22.6 Å². The van der Waals surface area contributed by atoms with Crippen molar-refractivity contribution in [3.63, 3.8) is 0 Å². The van der Waals surface area contributed by atoms with Gasteiger partial charge < -0.3 is 30.3 Å². The molecule has 1 aliphatic heterocycles. The summed E-state index contributed by atoms with van der Waals surface area (Å²) < 4.78 is 20.9. The number of rotatable bonds is 8. The van der Waals surface area contributed by atoms with Crippen LogP contribution in [0.4, 0.5) is 20.6 Å². The minimum atomic E-state index is -0.530. The Kier molecular flexibility index (Phi) is 9.45. The van der Waals surface area contributed by atoms with Gasteiger partial charge in [-0.05, 0) is 59.8 Å². The lowest BCUT2D eigenvalue weighted by Crippen LogP contribution is -2.48. The summed E-state index contributed by atoms with van der Waals surface area (Å²) in [4.78, 5) is 41.8. The second kappa shape index (κ2) is 13.2. The van der Waals surface area contributed by atoms with Crippen LogP contribution >= 0.6 is 0 Å². The first kappa shape index (κ1) is 29.4. The molecule has 4 rings (SSSR count). The Morgan fingerprint density at radius 3 is 2.61 bits per heavy atom. The lowest BCUT2D eigenvalue weighted by atomic mass is 10.0. The highest BCUT2D eigenvalue weighted by Crippen LogP contribution is 2.29. The minimum Gasteiger partial charge on any atom is -0.488 e. The maximum Gasteiger partial charge on any atom is 0.321 e. The summed E-state index contributed by atoms with van der Waals surface area (Å²) in [6.45, 7) is 3.84. The van der Waals surface area contributed by atoms with Gasteiger partial charge in [0.15, 0.2) is 0 Å². The molecule has 218 valence electrons. The molecule has 0 saturated carbocycles. The molecular formula is C27H33FN8O5. The van der Waals surface area contributed by atoms with E-state index in [1.54, 1.807) is 37.1 Å². The van der Waals surface area contributed by atoms with Crippen LogP contribution in [0.5, 0.6) is 5.75 Å². The molecule has 14 heteroatoms. The zero-order valence-electron chi connectivity index (χ0n) is 23.0. The monoisotopic (exact) mass is 568 g/mol. The number of aromatic nitrogens is 4. The van der Waals surface area contributed by atoms with Gasteiger partial charge in [0.2, 0.25) is 11.8 Å². The Morgan fingerprint density at radius 1 is 1.20 bits per heavy atom. The molecule has 3 N–H and O–H groups in total. The van der Waals surface area contributed by atoms with E-state index in [4.69, 9.17) is 4.74 Å². The van der Waals surface area contributed by atoms with E-state index in [-0.39, 0.29) is 43.8 Å². The Balaban J connectivity index is 1.55. The number of nitrogens with zero attached hydrogens (tertiary/aromatic N) is 6. The fourth-order valence-electron chi connectivity index (χ4n) is 4.43. The van der Waals surface area contributed by atoms with Crippen LogP contribution in [0.3, 0.4) is 0 Å². The first-order valence-electron chi connectivity index (χ1n) is 13.1. The fraction of sp³-hybridized carbons (Fsp3) is 0.407. The number of aliphatic hydroxyl groups is 1. The van der Waals surface area contributed by atoms with E-state index < -0.39 is 24.0 Å². The number of amides is 4. The highest BCUT2D eigenvalue weighted by molar-refractivity contribution is 5.91. The molecule has 0 spiro atoms. The summed E-state index contributed by atoms with van der Waals surface area (Å²) in [7, 11) is 1.62. The van der Waals surface area contributed by atoms with Crippen molar-refractivity contribution in [3.05, 3.63) is 60.2 Å². The highest BCUT2D eigenvalue weighted by atomic mass is 19.1. The van der Waals surface area contributed by atoms with Crippen LogP contribution in [0.15, 0.2) is 48.8 Å². The molecule has 2 aromatic carbocycles. The number of halogens is 1. The molecule has 3 atom stereocenters. The molecule has 0 radical (unpaired) electrons. The second-order valence-corrected chi connectivity index (χ2v) is 10.1. The molecule has 41 heavy (non-hydrogen) atoms. The third-order valence-electron chi connectivity index (χ3n) is 6.79. The van der Waals surface area contributed by atoms with Crippen molar-refractivity contribution in [2.24, 2.45) is 5.92 Å². The molecule has 0 fully saturated rings. The molecule has 0 aliphatic carbocycles. The van der Waals surface area contributed by atoms with E-state index >= 15 is 0 Å². The zero-order chi connectivity index (χ0) is 29.5. The van der Waals surface area contributed by atoms with Gasteiger partial charge in [0.25, 0.3) is 0 Å². The van der Waals surface area contributed by atoms with Crippen molar-refractivity contribution in [1.82, 2.24) is 30.0 Å². The number of anilines is 2. The molecule has 2 heterocycles. The predicted molar refractivity (Wildman–Crippen MR) is 146 cm³/mol. The van der Waals surface area contributed by atoms with Crippen LogP contribution in [-0.4, -0.2) is 91.8 Å². The van der Waals surface area contributed by atoms with Gasteiger partial charge in [-0.2, -0.15) is 0 Å². The van der Waals surface area contributed by atoms with Crippen molar-refractivity contribution in [3.8, 4) is 5.75 Å². The van der Waals surface area contributed by atoms with Crippen molar-refractivity contribution >= 4 is 29.2 Å². The summed E-state index contributed by atoms with van der Waals surface area (Å²) in [6, 6.07) is 9.61. The van der Waals surface area contributed by atoms with E-state index in [2.05, 4.69) is 26.2 Å². The van der Waals surface area contributed by atoms with E-state index in [1.807, 2.05) is 6.92 Å². The van der Waals surface area contributed by atoms with Gasteiger partial charge in [0.1, 0.15) is 30.5 Å². The van der Waals surface area contributed by atoms with Crippen LogP contribution in [0.25, 0.3) is 0 Å². The molecule has 3 aromatic rings. The number of likely N-dealkylation sites (N-methyl/N-ethyl adjacent to an activating group) is 1. The number of ether oxygens (including phenoxy) is 1. The number of nitrogens with one attached hydrogen (secondary N) is 2. The summed E-state index contributed by atoms with van der Waals surface area (Å²) in [5, 5.41) is 26.0. The molecule has 4 amide bonds. The van der Waals surface area contributed by atoms with Gasteiger partial charge in [-0.3, -0.25) is 9.59 Å². The summed E-state index contributed by atoms with van der Waals surface area (Å²) in [5.41, 5.74) is 1.45. The van der Waals surface area contributed by atoms with Crippen LogP contribution < -0.4 is 15.4 Å². The number of fused-ring (bicyclic) bond motifs is 1. The largest absolute Gasteiger partial charge is 0.488 e. The summed E-state index contributed by atoms with van der Waals surface area (Å²) >= 11 is 0. The van der Waals surface area contributed by atoms with Crippen molar-refractivity contribution < 1.29 is 28.6 Å². The van der Waals surface area contributed by atoms with Gasteiger partial charge in [0, 0.05) is 36.4 Å². The predicted octanol–water partition coefficient (Wildman–Crippen LogP) is 1.76. The number of carbonyl (C=O) groups excluding carboxylic acids is 3. The first-order valence-corrected chi connectivity index (χ1v) is 13.1. The van der Waals surface area contributed by atoms with Gasteiger partial charge in [-0.1, -0.05) is 6.92 Å². The van der Waals surface area contributed by atoms with Gasteiger partial charge >= 0.3 is 6.03 Å². The fourth-order valence-corrected chi connectivity index (χ4v) is 4.43. The number of tetrazole rings is 1. The van der Waals surface area contributed by atoms with Crippen molar-refractivity contribution in [2.75, 3.05) is 37.4 Å². The quantitative estimate of drug-likeness (QED) is 0.371. The first-order chi connectivity index (χ1) is 19.6. The number of carbonyl (C=O) groups is 3. The van der Waals surface area contributed by atoms with Gasteiger partial charge in [0.05, 0.1) is 25.6 Å². The lowest BCUT2D eigenvalue weighted by molar-refractivity contribution is -0.134. The standard InChI is InChI=1S/C27H33FN8O5/c1-17-12-36(18(2)15-37)26(39)11-19-10-22(30-25(38)14-35-16-29-32-33-35)8-9-23(19)41-24(17)13-34(3)27(40)31-21-6-4-20(28)5-7-21/h4-10,16-18,24,37H,11-15H2,1-3H3,(H,30,38)(H,31,40)/t17-,18-,24+/m0/s1. The molecular weight excluding hydrogens is 535 g/mol. The number of hydrogen-bond donors (Lipinski definition) is 3. The third kappa shape index (κ3) is 7.75. The average molecular weight is 569 g/mol. The smallest absolute Gasteiger partial charge is 0.321 e. The summed E-state index contributed by atoms with van der Waals surface area (Å²) in [5.74, 6) is -0.753. The van der Waals surface area contributed by atoms with E-state index in [1.165, 1.54) is 40.2 Å². The maximum atomic E-state index is 13.4. The SMILES string of the molecule is C[C@H]1CN([C@@H](C)CO)C(=O)Cc2cc(NC(=O)Cn3cnnn3)ccc2O[C@@H]1CN(C)C(=O)Nc1ccc(F)cc1. The molecule has 0 unspecified atom stereocenters. The van der Waals surface area contributed by atoms with Crippen LogP contribution in [0.1, 0.15) is 19.4 Å². The Morgan fingerprint density at radius 2 is 1.93 bits per heavy atom. The Bertz CT molecular complexity index is 1350. The molecule has 0 saturated heterocycles. The second-order valence-electron chi connectivity index (χ2n) is 10.1. The van der Waals surface area contributed by atoms with Crippen molar-refractivity contribution in [2.45, 2.75) is 39.0 Å². The summed E-state index contributed by atoms with van der Waals surface area (Å²) in [6.07, 6.45) is 0.777. The molecule has 0 bridgehead atoms. The van der Waals surface area contributed by atoms with Crippen LogP contribution in [0, 0.1) is 11.7 Å². The maximum absolute atomic E-state index is 13.4. The van der Waals surface area contributed by atoms with E-state index in [0.29, 0.717) is 29.2 Å². The topological polar surface area (TPSA) is 155 Å². The molecule has 13 nitrogen and oxygen atoms in total. The van der Waals surface area contributed by atoms with Gasteiger partial charge in [-0.25, -0.2) is 13.9 Å². The minimum absolute atomic E-state index is 0.0172. The number of hydrogen-bond acceptors (Lipinski definition) is 8. The van der Waals surface area contributed by atoms with Crippen molar-refractivity contribution in [1.29, 1.82) is 0 Å². The zero-order valence-corrected chi connectivity index (χ0v) is 23.0. The third-order valence-corrected chi connectivity index (χ3v) is 6.79. The van der Waals surface area contributed by atoms with E-state index in [0.717, 1.165) is 0 Å². The van der Waals surface area contributed by atoms with Crippen LogP contribution in [0.2, 0.25) is 0 Å². The number of urea groups is 1. The molecule has 1 aliphatic rings. The Labute approximate surface area is 236 Å². The van der Waals surface area contributed by atoms with E-state index in [9.17, 15) is 23.9 Å². The lowest BCUT2D eigenvalue weighted by Gasteiger charge is -2.34. The molecule has 1 aromatic heterocycles. The Hall–Kier alpha value is -4.59. The average Bonchev–Trinajstić information content (AvgIpc) is 3.46. The highest BCUT2D eigenvalue weighted by Gasteiger charge is 2.32.